The normalized spacial score (nSPS) is 11.4. The molecule has 0 saturated carbocycles. The van der Waals surface area contributed by atoms with E-state index in [-0.39, 0.29) is 17.9 Å². The minimum atomic E-state index is -0.302. The zero-order chi connectivity index (χ0) is 9.78. The average Bonchev–Trinajstić information content (AvgIpc) is 2.03. The van der Waals surface area contributed by atoms with Gasteiger partial charge >= 0.3 is 0 Å². The van der Waals surface area contributed by atoms with Gasteiger partial charge in [0.25, 0.3) is 0 Å². The third kappa shape index (κ3) is 2.81. The molecule has 0 spiro atoms. The number of amides is 1. The highest BCUT2D eigenvalue weighted by Gasteiger charge is 2.27. The Morgan fingerprint density at radius 2 is 2.00 bits per heavy atom. The van der Waals surface area contributed by atoms with Crippen molar-refractivity contribution in [2.75, 3.05) is 20.2 Å². The molecule has 72 valence electrons. The molecule has 3 nitrogen and oxygen atoms in total. The van der Waals surface area contributed by atoms with E-state index in [4.69, 9.17) is 5.11 Å². The largest absolute Gasteiger partial charge is 0.395 e. The van der Waals surface area contributed by atoms with E-state index in [1.807, 2.05) is 20.8 Å². The molecule has 12 heavy (non-hydrogen) atoms. The monoisotopic (exact) mass is 173 g/mol. The van der Waals surface area contributed by atoms with E-state index >= 15 is 0 Å². The van der Waals surface area contributed by atoms with Crippen LogP contribution in [0.3, 0.4) is 0 Å². The van der Waals surface area contributed by atoms with Crippen LogP contribution >= 0.6 is 0 Å². The quantitative estimate of drug-likeness (QED) is 0.685. The summed E-state index contributed by atoms with van der Waals surface area (Å²) >= 11 is 0. The molecule has 0 aromatic heterocycles. The summed E-state index contributed by atoms with van der Waals surface area (Å²) in [5.41, 5.74) is -0.302. The second kappa shape index (κ2) is 4.45. The molecule has 1 amide bonds. The lowest BCUT2D eigenvalue weighted by Gasteiger charge is -2.27. The molecule has 1 N–H and O–H groups in total. The molecule has 0 saturated heterocycles. The van der Waals surface area contributed by atoms with Gasteiger partial charge in [-0.1, -0.05) is 20.8 Å². The highest BCUT2D eigenvalue weighted by molar-refractivity contribution is 5.81. The number of carbonyl (C=O) groups excluding carboxylic acids is 1. The number of nitrogens with zero attached hydrogens (tertiary/aromatic N) is 1. The molecule has 0 atom stereocenters. The number of rotatable bonds is 4. The summed E-state index contributed by atoms with van der Waals surface area (Å²) in [6.07, 6.45) is 0.821. The van der Waals surface area contributed by atoms with Crippen molar-refractivity contribution in [1.82, 2.24) is 4.90 Å². The van der Waals surface area contributed by atoms with Crippen molar-refractivity contribution < 1.29 is 9.90 Å². The molecule has 0 unspecified atom stereocenters. The zero-order valence-corrected chi connectivity index (χ0v) is 8.42. The van der Waals surface area contributed by atoms with Crippen LogP contribution < -0.4 is 0 Å². The highest BCUT2D eigenvalue weighted by Crippen LogP contribution is 2.21. The maximum absolute atomic E-state index is 11.6. The van der Waals surface area contributed by atoms with Crippen molar-refractivity contribution in [2.24, 2.45) is 5.41 Å². The van der Waals surface area contributed by atoms with E-state index in [2.05, 4.69) is 0 Å². The van der Waals surface area contributed by atoms with Crippen LogP contribution in [0.5, 0.6) is 0 Å². The Balaban J connectivity index is 4.18. The smallest absolute Gasteiger partial charge is 0.228 e. The second-order valence-electron chi connectivity index (χ2n) is 3.69. The summed E-state index contributed by atoms with van der Waals surface area (Å²) < 4.78 is 0. The molecule has 0 aromatic rings. The number of aliphatic hydroxyl groups excluding tert-OH is 1. The lowest BCUT2D eigenvalue weighted by molar-refractivity contribution is -0.139. The number of hydrogen-bond acceptors (Lipinski definition) is 2. The minimum Gasteiger partial charge on any atom is -0.395 e. The summed E-state index contributed by atoms with van der Waals surface area (Å²) in [5, 5.41) is 8.63. The Morgan fingerprint density at radius 3 is 2.33 bits per heavy atom. The van der Waals surface area contributed by atoms with Crippen LogP contribution in [0.2, 0.25) is 0 Å². The standard InChI is InChI=1S/C9H19NO2/c1-5-9(2,3)8(12)10(4)6-7-11/h11H,5-7H2,1-4H3. The Bertz CT molecular complexity index is 155. The Morgan fingerprint density at radius 1 is 1.50 bits per heavy atom. The molecule has 3 heteroatoms. The Kier molecular flexibility index (Phi) is 4.24. The van der Waals surface area contributed by atoms with Crippen LogP contribution in [-0.2, 0) is 4.79 Å². The lowest BCUT2D eigenvalue weighted by Crippen LogP contribution is -2.39. The predicted octanol–water partition coefficient (Wildman–Crippen LogP) is 0.873. The van der Waals surface area contributed by atoms with Crippen molar-refractivity contribution >= 4 is 5.91 Å². The maximum atomic E-state index is 11.6. The molecule has 0 aliphatic rings. The van der Waals surface area contributed by atoms with E-state index in [0.29, 0.717) is 6.54 Å². The fraction of sp³-hybridized carbons (Fsp3) is 0.889. The third-order valence-electron chi connectivity index (χ3n) is 2.24. The van der Waals surface area contributed by atoms with Crippen LogP contribution in [0.25, 0.3) is 0 Å². The molecule has 0 heterocycles. The van der Waals surface area contributed by atoms with Gasteiger partial charge in [-0.25, -0.2) is 0 Å². The molecule has 0 aliphatic carbocycles. The van der Waals surface area contributed by atoms with Gasteiger partial charge in [0.2, 0.25) is 5.91 Å². The van der Waals surface area contributed by atoms with Gasteiger partial charge in [0.1, 0.15) is 0 Å². The molecular formula is C9H19NO2. The van der Waals surface area contributed by atoms with E-state index < -0.39 is 0 Å². The number of likely N-dealkylation sites (N-methyl/N-ethyl adjacent to an activating group) is 1. The maximum Gasteiger partial charge on any atom is 0.228 e. The Labute approximate surface area is 74.4 Å². The summed E-state index contributed by atoms with van der Waals surface area (Å²) in [6, 6.07) is 0. The predicted molar refractivity (Wildman–Crippen MR) is 48.8 cm³/mol. The van der Waals surface area contributed by atoms with E-state index in [1.54, 1.807) is 11.9 Å². The van der Waals surface area contributed by atoms with Crippen LogP contribution in [0.15, 0.2) is 0 Å². The topological polar surface area (TPSA) is 40.5 Å². The number of carbonyl (C=O) groups is 1. The van der Waals surface area contributed by atoms with E-state index in [0.717, 1.165) is 6.42 Å². The third-order valence-corrected chi connectivity index (χ3v) is 2.24. The molecule has 0 fully saturated rings. The lowest BCUT2D eigenvalue weighted by atomic mass is 9.89. The zero-order valence-electron chi connectivity index (χ0n) is 8.42. The summed E-state index contributed by atoms with van der Waals surface area (Å²) in [4.78, 5) is 13.2. The summed E-state index contributed by atoms with van der Waals surface area (Å²) in [5.74, 6) is 0.0963. The van der Waals surface area contributed by atoms with E-state index in [9.17, 15) is 4.79 Å². The first kappa shape index (κ1) is 11.4. The van der Waals surface area contributed by atoms with Crippen molar-refractivity contribution in [3.63, 3.8) is 0 Å². The van der Waals surface area contributed by atoms with Gasteiger partial charge in [0.15, 0.2) is 0 Å². The minimum absolute atomic E-state index is 0.0298. The molecule has 0 aromatic carbocycles. The van der Waals surface area contributed by atoms with Crippen molar-refractivity contribution in [3.05, 3.63) is 0 Å². The van der Waals surface area contributed by atoms with Gasteiger partial charge < -0.3 is 10.0 Å². The fourth-order valence-corrected chi connectivity index (χ4v) is 0.919. The molecule has 0 aliphatic heterocycles. The first-order valence-corrected chi connectivity index (χ1v) is 4.32. The summed E-state index contributed by atoms with van der Waals surface area (Å²) in [7, 11) is 1.72. The molecule has 0 rings (SSSR count). The molecule has 0 bridgehead atoms. The SMILES string of the molecule is CCC(C)(C)C(=O)N(C)CCO. The van der Waals surface area contributed by atoms with Gasteiger partial charge in [-0.15, -0.1) is 0 Å². The highest BCUT2D eigenvalue weighted by atomic mass is 16.3. The van der Waals surface area contributed by atoms with E-state index in [1.165, 1.54) is 0 Å². The number of aliphatic hydroxyl groups is 1. The number of hydrogen-bond donors (Lipinski definition) is 1. The molecule has 0 radical (unpaired) electrons. The van der Waals surface area contributed by atoms with Crippen LogP contribution in [0.4, 0.5) is 0 Å². The van der Waals surface area contributed by atoms with Gasteiger partial charge in [-0.05, 0) is 6.42 Å². The van der Waals surface area contributed by atoms with Gasteiger partial charge in [0.05, 0.1) is 6.61 Å². The van der Waals surface area contributed by atoms with Crippen LogP contribution in [0, 0.1) is 5.41 Å². The van der Waals surface area contributed by atoms with Gasteiger partial charge in [0, 0.05) is 19.0 Å². The van der Waals surface area contributed by atoms with Crippen LogP contribution in [0.1, 0.15) is 27.2 Å². The second-order valence-corrected chi connectivity index (χ2v) is 3.69. The van der Waals surface area contributed by atoms with Crippen molar-refractivity contribution in [2.45, 2.75) is 27.2 Å². The average molecular weight is 173 g/mol. The first-order chi connectivity index (χ1) is 5.45. The van der Waals surface area contributed by atoms with Gasteiger partial charge in [-0.3, -0.25) is 4.79 Å². The van der Waals surface area contributed by atoms with Gasteiger partial charge in [-0.2, -0.15) is 0 Å². The van der Waals surface area contributed by atoms with Crippen molar-refractivity contribution in [1.29, 1.82) is 0 Å². The van der Waals surface area contributed by atoms with Crippen molar-refractivity contribution in [3.8, 4) is 0 Å². The molecular weight excluding hydrogens is 154 g/mol. The summed E-state index contributed by atoms with van der Waals surface area (Å²) in [6.45, 7) is 6.28. The van der Waals surface area contributed by atoms with Crippen LogP contribution in [-0.4, -0.2) is 36.1 Å². The first-order valence-electron chi connectivity index (χ1n) is 4.32. The fourth-order valence-electron chi connectivity index (χ4n) is 0.919. The Hall–Kier alpha value is -0.570.